The fourth-order valence-electron chi connectivity index (χ4n) is 1.26. The lowest BCUT2D eigenvalue weighted by molar-refractivity contribution is 0.152. The first-order valence-corrected chi connectivity index (χ1v) is 4.41. The summed E-state index contributed by atoms with van der Waals surface area (Å²) < 4.78 is 1.82. The van der Waals surface area contributed by atoms with Gasteiger partial charge in [0, 0.05) is 18.6 Å². The van der Waals surface area contributed by atoms with E-state index in [1.807, 2.05) is 29.0 Å². The molecule has 2 aromatic rings. The number of imidazole rings is 1. The van der Waals surface area contributed by atoms with E-state index in [9.17, 15) is 5.11 Å². The molecule has 0 fully saturated rings. The molecule has 0 aliphatic rings. The van der Waals surface area contributed by atoms with Crippen molar-refractivity contribution in [2.24, 2.45) is 0 Å². The Hall–Kier alpha value is -1.68. The monoisotopic (exact) mass is 189 g/mol. The van der Waals surface area contributed by atoms with Crippen molar-refractivity contribution in [1.29, 1.82) is 0 Å². The van der Waals surface area contributed by atoms with Gasteiger partial charge in [0.15, 0.2) is 0 Å². The van der Waals surface area contributed by atoms with E-state index in [0.717, 1.165) is 0 Å². The van der Waals surface area contributed by atoms with Crippen LogP contribution in [-0.4, -0.2) is 19.6 Å². The van der Waals surface area contributed by atoms with Crippen molar-refractivity contribution >= 4 is 0 Å². The molecular weight excluding hydrogens is 178 g/mol. The molecule has 14 heavy (non-hydrogen) atoms. The van der Waals surface area contributed by atoms with Gasteiger partial charge in [0.25, 0.3) is 0 Å². The molecule has 2 heterocycles. The average molecular weight is 189 g/mol. The summed E-state index contributed by atoms with van der Waals surface area (Å²) in [5, 5.41) is 9.78. The van der Waals surface area contributed by atoms with Gasteiger partial charge >= 0.3 is 0 Å². The van der Waals surface area contributed by atoms with Gasteiger partial charge < -0.3 is 9.67 Å². The van der Waals surface area contributed by atoms with Gasteiger partial charge in [0.2, 0.25) is 0 Å². The van der Waals surface area contributed by atoms with Gasteiger partial charge in [-0.25, -0.2) is 4.98 Å². The van der Waals surface area contributed by atoms with Crippen LogP contribution in [0.15, 0.2) is 43.1 Å². The number of aromatic nitrogens is 3. The Bertz CT molecular complexity index is 372. The second-order valence-corrected chi connectivity index (χ2v) is 3.03. The number of hydrogen-bond donors (Lipinski definition) is 1. The molecule has 2 aromatic heterocycles. The Labute approximate surface area is 81.9 Å². The fourth-order valence-corrected chi connectivity index (χ4v) is 1.26. The summed E-state index contributed by atoms with van der Waals surface area (Å²) in [6.07, 6.45) is 6.26. The Morgan fingerprint density at radius 1 is 1.36 bits per heavy atom. The van der Waals surface area contributed by atoms with Gasteiger partial charge in [-0.15, -0.1) is 0 Å². The molecule has 4 heteroatoms. The zero-order chi connectivity index (χ0) is 9.80. The molecule has 0 aliphatic heterocycles. The molecule has 4 nitrogen and oxygen atoms in total. The van der Waals surface area contributed by atoms with Crippen molar-refractivity contribution in [2.45, 2.75) is 12.6 Å². The highest BCUT2D eigenvalue weighted by Crippen LogP contribution is 2.10. The number of hydrogen-bond acceptors (Lipinski definition) is 3. The van der Waals surface area contributed by atoms with Gasteiger partial charge in [0.1, 0.15) is 6.10 Å². The smallest absolute Gasteiger partial charge is 0.114 e. The molecule has 0 saturated carbocycles. The molecule has 0 aromatic carbocycles. The minimum atomic E-state index is -0.578. The molecule has 0 amide bonds. The zero-order valence-corrected chi connectivity index (χ0v) is 7.61. The maximum absolute atomic E-state index is 9.78. The van der Waals surface area contributed by atoms with Gasteiger partial charge in [0.05, 0.1) is 18.6 Å². The highest BCUT2D eigenvalue weighted by Gasteiger charge is 2.07. The maximum atomic E-state index is 9.78. The minimum absolute atomic E-state index is 0.483. The topological polar surface area (TPSA) is 50.9 Å². The summed E-state index contributed by atoms with van der Waals surface area (Å²) >= 11 is 0. The second kappa shape index (κ2) is 4.02. The van der Waals surface area contributed by atoms with E-state index < -0.39 is 6.10 Å². The van der Waals surface area contributed by atoms with Gasteiger partial charge in [-0.3, -0.25) is 4.98 Å². The first-order valence-electron chi connectivity index (χ1n) is 4.41. The first-order chi connectivity index (χ1) is 6.86. The first kappa shape index (κ1) is 8.90. The van der Waals surface area contributed by atoms with Crippen LogP contribution in [0.1, 0.15) is 11.8 Å². The number of aliphatic hydroxyl groups excluding tert-OH is 1. The van der Waals surface area contributed by atoms with Crippen LogP contribution in [-0.2, 0) is 6.54 Å². The van der Waals surface area contributed by atoms with Crippen molar-refractivity contribution in [2.75, 3.05) is 0 Å². The summed E-state index contributed by atoms with van der Waals surface area (Å²) in [6.45, 7) is 0.483. The molecule has 0 radical (unpaired) electrons. The van der Waals surface area contributed by atoms with Crippen LogP contribution >= 0.6 is 0 Å². The third-order valence-electron chi connectivity index (χ3n) is 1.97. The quantitative estimate of drug-likeness (QED) is 0.784. The van der Waals surface area contributed by atoms with E-state index in [2.05, 4.69) is 9.97 Å². The minimum Gasteiger partial charge on any atom is -0.385 e. The second-order valence-electron chi connectivity index (χ2n) is 3.03. The van der Waals surface area contributed by atoms with Crippen molar-refractivity contribution in [3.05, 3.63) is 48.8 Å². The molecule has 72 valence electrons. The summed E-state index contributed by atoms with van der Waals surface area (Å²) in [6, 6.07) is 5.49. The van der Waals surface area contributed by atoms with Crippen LogP contribution in [0, 0.1) is 0 Å². The molecule has 0 spiro atoms. The van der Waals surface area contributed by atoms with Crippen molar-refractivity contribution in [3.63, 3.8) is 0 Å². The predicted octanol–water partition coefficient (Wildman–Crippen LogP) is 1.01. The Balaban J connectivity index is 2.07. The largest absolute Gasteiger partial charge is 0.385 e. The van der Waals surface area contributed by atoms with E-state index in [1.165, 1.54) is 0 Å². The molecule has 0 saturated heterocycles. The molecule has 0 aliphatic carbocycles. The van der Waals surface area contributed by atoms with Crippen molar-refractivity contribution in [3.8, 4) is 0 Å². The van der Waals surface area contributed by atoms with Crippen LogP contribution in [0.5, 0.6) is 0 Å². The number of nitrogens with zero attached hydrogens (tertiary/aromatic N) is 3. The predicted molar refractivity (Wildman–Crippen MR) is 51.4 cm³/mol. The maximum Gasteiger partial charge on any atom is 0.114 e. The molecular formula is C10H11N3O. The van der Waals surface area contributed by atoms with Crippen LogP contribution in [0.25, 0.3) is 0 Å². The lowest BCUT2D eigenvalue weighted by atomic mass is 10.2. The normalized spacial score (nSPS) is 12.6. The van der Waals surface area contributed by atoms with Crippen LogP contribution in [0.3, 0.4) is 0 Å². The van der Waals surface area contributed by atoms with Crippen molar-refractivity contribution < 1.29 is 5.11 Å². The van der Waals surface area contributed by atoms with Crippen LogP contribution < -0.4 is 0 Å². The van der Waals surface area contributed by atoms with E-state index in [0.29, 0.717) is 12.2 Å². The number of pyridine rings is 1. The zero-order valence-electron chi connectivity index (χ0n) is 7.61. The summed E-state index contributed by atoms with van der Waals surface area (Å²) in [7, 11) is 0. The number of aliphatic hydroxyl groups is 1. The highest BCUT2D eigenvalue weighted by atomic mass is 16.3. The highest BCUT2D eigenvalue weighted by molar-refractivity contribution is 5.06. The molecule has 1 N–H and O–H groups in total. The van der Waals surface area contributed by atoms with Crippen LogP contribution in [0.4, 0.5) is 0 Å². The van der Waals surface area contributed by atoms with Gasteiger partial charge in [-0.05, 0) is 12.1 Å². The average Bonchev–Trinajstić information content (AvgIpc) is 2.72. The summed E-state index contributed by atoms with van der Waals surface area (Å²) in [4.78, 5) is 7.98. The molecule has 2 rings (SSSR count). The third kappa shape index (κ3) is 1.97. The SMILES string of the molecule is OC(Cn1ccnc1)c1ccccn1. The summed E-state index contributed by atoms with van der Waals surface area (Å²) in [5.74, 6) is 0. The Morgan fingerprint density at radius 2 is 2.29 bits per heavy atom. The molecule has 1 atom stereocenters. The Morgan fingerprint density at radius 3 is 2.93 bits per heavy atom. The lowest BCUT2D eigenvalue weighted by Gasteiger charge is -2.09. The third-order valence-corrected chi connectivity index (χ3v) is 1.97. The summed E-state index contributed by atoms with van der Waals surface area (Å²) in [5.41, 5.74) is 0.682. The van der Waals surface area contributed by atoms with Crippen molar-refractivity contribution in [1.82, 2.24) is 14.5 Å². The lowest BCUT2D eigenvalue weighted by Crippen LogP contribution is -2.08. The van der Waals surface area contributed by atoms with Gasteiger partial charge in [-0.2, -0.15) is 0 Å². The van der Waals surface area contributed by atoms with Crippen LogP contribution in [0.2, 0.25) is 0 Å². The molecule has 0 bridgehead atoms. The van der Waals surface area contributed by atoms with E-state index >= 15 is 0 Å². The molecule has 1 unspecified atom stereocenters. The van der Waals surface area contributed by atoms with E-state index in [4.69, 9.17) is 0 Å². The van der Waals surface area contributed by atoms with E-state index in [1.54, 1.807) is 18.7 Å². The number of rotatable bonds is 3. The Kier molecular flexibility index (Phi) is 2.55. The van der Waals surface area contributed by atoms with Gasteiger partial charge in [-0.1, -0.05) is 6.07 Å². The van der Waals surface area contributed by atoms with E-state index in [-0.39, 0.29) is 0 Å². The standard InChI is InChI=1S/C10H11N3O/c14-10(7-13-6-5-11-8-13)9-3-1-2-4-12-9/h1-6,8,10,14H,7H2. The fraction of sp³-hybridized carbons (Fsp3) is 0.200.